The largest absolute Gasteiger partial charge is 0.497 e. The van der Waals surface area contributed by atoms with Gasteiger partial charge in [-0.25, -0.2) is 8.42 Å². The number of amides is 1. The molecule has 0 aromatic heterocycles. The van der Waals surface area contributed by atoms with Gasteiger partial charge in [0.1, 0.15) is 5.75 Å². The van der Waals surface area contributed by atoms with Crippen molar-refractivity contribution < 1.29 is 17.9 Å². The van der Waals surface area contributed by atoms with Gasteiger partial charge in [-0.3, -0.25) is 9.69 Å². The van der Waals surface area contributed by atoms with Crippen molar-refractivity contribution in [3.05, 3.63) is 24.3 Å². The third-order valence-corrected chi connectivity index (χ3v) is 7.26. The Labute approximate surface area is 161 Å². The van der Waals surface area contributed by atoms with Gasteiger partial charge in [0.2, 0.25) is 15.9 Å². The Balaban J connectivity index is 1.53. The second-order valence-electron chi connectivity index (χ2n) is 7.15. The van der Waals surface area contributed by atoms with Crippen LogP contribution in [0.5, 0.6) is 5.75 Å². The van der Waals surface area contributed by atoms with E-state index >= 15 is 0 Å². The predicted molar refractivity (Wildman–Crippen MR) is 103 cm³/mol. The van der Waals surface area contributed by atoms with Gasteiger partial charge in [-0.2, -0.15) is 4.31 Å². The number of carbonyl (C=O) groups excluding carboxylic acids is 1. The maximum atomic E-state index is 12.8. The molecule has 0 atom stereocenters. The van der Waals surface area contributed by atoms with Gasteiger partial charge in [0.05, 0.1) is 18.6 Å². The van der Waals surface area contributed by atoms with Crippen LogP contribution >= 0.6 is 0 Å². The lowest BCUT2D eigenvalue weighted by Gasteiger charge is -2.34. The first-order chi connectivity index (χ1) is 13.0. The summed E-state index contributed by atoms with van der Waals surface area (Å²) in [4.78, 5) is 16.8. The molecule has 8 heteroatoms. The lowest BCUT2D eigenvalue weighted by atomic mass is 10.2. The number of ether oxygens (including phenoxy) is 1. The highest BCUT2D eigenvalue weighted by Gasteiger charge is 2.29. The number of nitrogens with zero attached hydrogens (tertiary/aromatic N) is 3. The standard InChI is InChI=1S/C19H29N3O4S/c1-26-17-6-8-18(9-7-17)27(24,25)22-14-12-20(13-15-22)16-19(23)21-10-4-2-3-5-11-21/h6-9H,2-5,10-16H2,1H3. The van der Waals surface area contributed by atoms with Crippen molar-refractivity contribution in [2.24, 2.45) is 0 Å². The number of sulfonamides is 1. The molecule has 150 valence electrons. The van der Waals surface area contributed by atoms with Gasteiger partial charge in [0.15, 0.2) is 0 Å². The molecule has 2 fully saturated rings. The number of piperazine rings is 1. The minimum atomic E-state index is -3.51. The van der Waals surface area contributed by atoms with Crippen LogP contribution in [0.1, 0.15) is 25.7 Å². The molecule has 0 unspecified atom stereocenters. The van der Waals surface area contributed by atoms with Crippen LogP contribution in [0.25, 0.3) is 0 Å². The van der Waals surface area contributed by atoms with E-state index in [0.29, 0.717) is 38.5 Å². The molecule has 0 aliphatic carbocycles. The first kappa shape index (κ1) is 20.1. The van der Waals surface area contributed by atoms with Crippen LogP contribution in [0.15, 0.2) is 29.2 Å². The van der Waals surface area contributed by atoms with E-state index in [2.05, 4.69) is 4.90 Å². The minimum absolute atomic E-state index is 0.170. The number of methoxy groups -OCH3 is 1. The van der Waals surface area contributed by atoms with Gasteiger partial charge in [-0.05, 0) is 37.1 Å². The van der Waals surface area contributed by atoms with Crippen molar-refractivity contribution in [2.45, 2.75) is 30.6 Å². The highest BCUT2D eigenvalue weighted by molar-refractivity contribution is 7.89. The second-order valence-corrected chi connectivity index (χ2v) is 9.09. The van der Waals surface area contributed by atoms with E-state index in [-0.39, 0.29) is 10.8 Å². The first-order valence-corrected chi connectivity index (χ1v) is 11.1. The lowest BCUT2D eigenvalue weighted by molar-refractivity contribution is -0.132. The van der Waals surface area contributed by atoms with E-state index in [1.807, 2.05) is 4.90 Å². The minimum Gasteiger partial charge on any atom is -0.497 e. The van der Waals surface area contributed by atoms with Gasteiger partial charge >= 0.3 is 0 Å². The summed E-state index contributed by atoms with van der Waals surface area (Å²) in [7, 11) is -1.96. The topological polar surface area (TPSA) is 70.2 Å². The number of rotatable bonds is 5. The molecule has 1 aromatic carbocycles. The molecule has 0 bridgehead atoms. The molecule has 2 aliphatic rings. The van der Waals surface area contributed by atoms with Crippen molar-refractivity contribution >= 4 is 15.9 Å². The van der Waals surface area contributed by atoms with Crippen LogP contribution in [0.2, 0.25) is 0 Å². The molecule has 0 radical (unpaired) electrons. The predicted octanol–water partition coefficient (Wildman–Crippen LogP) is 1.40. The van der Waals surface area contributed by atoms with Crippen molar-refractivity contribution in [3.63, 3.8) is 0 Å². The fourth-order valence-corrected chi connectivity index (χ4v) is 5.06. The lowest BCUT2D eigenvalue weighted by Crippen LogP contribution is -2.51. The molecule has 0 N–H and O–H groups in total. The summed E-state index contributed by atoms with van der Waals surface area (Å²) in [6.07, 6.45) is 4.57. The molecule has 3 rings (SSSR count). The van der Waals surface area contributed by atoms with Crippen LogP contribution in [0, 0.1) is 0 Å². The van der Waals surface area contributed by atoms with E-state index < -0.39 is 10.0 Å². The molecule has 0 saturated carbocycles. The maximum absolute atomic E-state index is 12.8. The highest BCUT2D eigenvalue weighted by atomic mass is 32.2. The number of hydrogen-bond donors (Lipinski definition) is 0. The smallest absolute Gasteiger partial charge is 0.243 e. The molecule has 1 amide bonds. The average Bonchev–Trinajstić information content (AvgIpc) is 2.98. The fraction of sp³-hybridized carbons (Fsp3) is 0.632. The molecular formula is C19H29N3O4S. The van der Waals surface area contributed by atoms with Crippen molar-refractivity contribution in [3.8, 4) is 5.75 Å². The van der Waals surface area contributed by atoms with Crippen molar-refractivity contribution in [2.75, 3.05) is 52.9 Å². The summed E-state index contributed by atoms with van der Waals surface area (Å²) in [6.45, 7) is 4.05. The molecule has 2 heterocycles. The van der Waals surface area contributed by atoms with Gasteiger partial charge in [0, 0.05) is 39.3 Å². The quantitative estimate of drug-likeness (QED) is 0.754. The monoisotopic (exact) mass is 395 g/mol. The molecular weight excluding hydrogens is 366 g/mol. The van der Waals surface area contributed by atoms with Gasteiger partial charge in [0.25, 0.3) is 0 Å². The van der Waals surface area contributed by atoms with E-state index in [4.69, 9.17) is 4.74 Å². The van der Waals surface area contributed by atoms with Crippen LogP contribution < -0.4 is 4.74 Å². The summed E-state index contributed by atoms with van der Waals surface area (Å²) in [6, 6.07) is 6.46. The summed E-state index contributed by atoms with van der Waals surface area (Å²) in [5, 5.41) is 0. The number of benzene rings is 1. The van der Waals surface area contributed by atoms with E-state index in [0.717, 1.165) is 25.9 Å². The van der Waals surface area contributed by atoms with Gasteiger partial charge < -0.3 is 9.64 Å². The van der Waals surface area contributed by atoms with Crippen LogP contribution in [0.4, 0.5) is 0 Å². The third-order valence-electron chi connectivity index (χ3n) is 5.35. The summed E-state index contributed by atoms with van der Waals surface area (Å²) in [5.74, 6) is 0.800. The van der Waals surface area contributed by atoms with Crippen molar-refractivity contribution in [1.29, 1.82) is 0 Å². The number of carbonyl (C=O) groups is 1. The summed E-state index contributed by atoms with van der Waals surface area (Å²) >= 11 is 0. The van der Waals surface area contributed by atoms with E-state index in [1.165, 1.54) is 17.1 Å². The Morgan fingerprint density at radius 3 is 2.07 bits per heavy atom. The van der Waals surface area contributed by atoms with Crippen LogP contribution in [0.3, 0.4) is 0 Å². The molecule has 2 saturated heterocycles. The number of hydrogen-bond acceptors (Lipinski definition) is 5. The Hall–Kier alpha value is -1.64. The van der Waals surface area contributed by atoms with Gasteiger partial charge in [-0.1, -0.05) is 12.8 Å². The second kappa shape index (κ2) is 9.03. The highest BCUT2D eigenvalue weighted by Crippen LogP contribution is 2.20. The Kier molecular flexibility index (Phi) is 6.73. The zero-order chi connectivity index (χ0) is 19.3. The molecule has 27 heavy (non-hydrogen) atoms. The normalized spacial score (nSPS) is 20.3. The van der Waals surface area contributed by atoms with E-state index in [9.17, 15) is 13.2 Å². The SMILES string of the molecule is COc1ccc(S(=O)(=O)N2CCN(CC(=O)N3CCCCCC3)CC2)cc1. The van der Waals surface area contributed by atoms with Gasteiger partial charge in [-0.15, -0.1) is 0 Å². The van der Waals surface area contributed by atoms with Crippen LogP contribution in [-0.4, -0.2) is 81.4 Å². The average molecular weight is 396 g/mol. The molecule has 1 aromatic rings. The first-order valence-electron chi connectivity index (χ1n) is 9.65. The summed E-state index contributed by atoms with van der Waals surface area (Å²) < 4.78 is 32.2. The Morgan fingerprint density at radius 1 is 0.926 bits per heavy atom. The molecule has 7 nitrogen and oxygen atoms in total. The number of likely N-dealkylation sites (tertiary alicyclic amines) is 1. The third kappa shape index (κ3) is 5.00. The van der Waals surface area contributed by atoms with Crippen LogP contribution in [-0.2, 0) is 14.8 Å². The Bertz CT molecular complexity index is 720. The van der Waals surface area contributed by atoms with E-state index in [1.54, 1.807) is 31.4 Å². The fourth-order valence-electron chi connectivity index (χ4n) is 3.64. The molecule has 0 spiro atoms. The summed E-state index contributed by atoms with van der Waals surface area (Å²) in [5.41, 5.74) is 0. The Morgan fingerprint density at radius 2 is 1.52 bits per heavy atom. The zero-order valence-electron chi connectivity index (χ0n) is 16.0. The zero-order valence-corrected chi connectivity index (χ0v) is 16.8. The molecule has 2 aliphatic heterocycles. The maximum Gasteiger partial charge on any atom is 0.243 e. The van der Waals surface area contributed by atoms with Crippen molar-refractivity contribution in [1.82, 2.24) is 14.1 Å².